The highest BCUT2D eigenvalue weighted by molar-refractivity contribution is 6.33. The molecule has 1 aromatic carbocycles. The summed E-state index contributed by atoms with van der Waals surface area (Å²) in [5.41, 5.74) is 0.657. The summed E-state index contributed by atoms with van der Waals surface area (Å²) in [7, 11) is 0. The average Bonchev–Trinajstić information content (AvgIpc) is 2.37. The minimum atomic E-state index is 0.152. The van der Waals surface area contributed by atoms with Crippen LogP contribution in [0, 0.1) is 5.92 Å². The molecule has 1 atom stereocenters. The maximum Gasteiger partial charge on any atom is 0.165 e. The SMILES string of the molecule is CC1CCCN(CCC(=O)c2ccccc2Cl)C1. The summed E-state index contributed by atoms with van der Waals surface area (Å²) in [6.45, 7) is 5.38. The Kier molecular flexibility index (Phi) is 4.79. The molecule has 1 aliphatic rings. The van der Waals surface area contributed by atoms with Gasteiger partial charge in [-0.15, -0.1) is 0 Å². The van der Waals surface area contributed by atoms with Crippen molar-refractivity contribution in [1.82, 2.24) is 4.90 Å². The largest absolute Gasteiger partial charge is 0.303 e. The second-order valence-electron chi connectivity index (χ2n) is 5.20. The van der Waals surface area contributed by atoms with Gasteiger partial charge in [-0.25, -0.2) is 0 Å². The summed E-state index contributed by atoms with van der Waals surface area (Å²) in [6.07, 6.45) is 3.13. The molecule has 0 amide bonds. The number of hydrogen-bond acceptors (Lipinski definition) is 2. The van der Waals surface area contributed by atoms with E-state index in [4.69, 9.17) is 11.6 Å². The molecule has 1 saturated heterocycles. The zero-order valence-electron chi connectivity index (χ0n) is 10.9. The minimum Gasteiger partial charge on any atom is -0.303 e. The fraction of sp³-hybridized carbons (Fsp3) is 0.533. The number of ketones is 1. The van der Waals surface area contributed by atoms with Crippen molar-refractivity contribution in [2.75, 3.05) is 19.6 Å². The molecular formula is C15H20ClNO. The number of halogens is 1. The van der Waals surface area contributed by atoms with E-state index in [2.05, 4.69) is 11.8 Å². The number of Topliss-reactive ketones (excluding diaryl/α,β-unsaturated/α-hetero) is 1. The van der Waals surface area contributed by atoms with Crippen molar-refractivity contribution in [3.63, 3.8) is 0 Å². The van der Waals surface area contributed by atoms with Crippen molar-refractivity contribution in [2.45, 2.75) is 26.2 Å². The van der Waals surface area contributed by atoms with Gasteiger partial charge in [0, 0.05) is 25.1 Å². The highest BCUT2D eigenvalue weighted by atomic mass is 35.5. The molecule has 0 bridgehead atoms. The fourth-order valence-electron chi connectivity index (χ4n) is 2.57. The summed E-state index contributed by atoms with van der Waals surface area (Å²) in [5.74, 6) is 0.910. The first-order chi connectivity index (χ1) is 8.66. The number of nitrogens with zero attached hydrogens (tertiary/aromatic N) is 1. The molecule has 0 saturated carbocycles. The second-order valence-corrected chi connectivity index (χ2v) is 5.61. The van der Waals surface area contributed by atoms with Crippen molar-refractivity contribution in [3.8, 4) is 0 Å². The highest BCUT2D eigenvalue weighted by Crippen LogP contribution is 2.19. The third kappa shape index (κ3) is 3.56. The molecule has 1 aromatic rings. The quantitative estimate of drug-likeness (QED) is 0.775. The lowest BCUT2D eigenvalue weighted by molar-refractivity contribution is 0.0949. The predicted octanol–water partition coefficient (Wildman–Crippen LogP) is 3.64. The smallest absolute Gasteiger partial charge is 0.165 e. The Hall–Kier alpha value is -0.860. The molecule has 0 spiro atoms. The molecule has 2 nitrogen and oxygen atoms in total. The van der Waals surface area contributed by atoms with E-state index < -0.39 is 0 Å². The summed E-state index contributed by atoms with van der Waals surface area (Å²) in [4.78, 5) is 14.5. The van der Waals surface area contributed by atoms with Crippen LogP contribution in [-0.4, -0.2) is 30.3 Å². The Morgan fingerprint density at radius 1 is 1.44 bits per heavy atom. The lowest BCUT2D eigenvalue weighted by atomic mass is 9.99. The normalized spacial score (nSPS) is 20.9. The van der Waals surface area contributed by atoms with E-state index >= 15 is 0 Å². The van der Waals surface area contributed by atoms with Crippen LogP contribution >= 0.6 is 11.6 Å². The molecule has 0 aromatic heterocycles. The van der Waals surface area contributed by atoms with Crippen molar-refractivity contribution < 1.29 is 4.79 Å². The molecule has 1 aliphatic heterocycles. The molecule has 1 fully saturated rings. The molecule has 1 heterocycles. The lowest BCUT2D eigenvalue weighted by Crippen LogP contribution is -2.35. The Bertz CT molecular complexity index is 419. The first-order valence-corrected chi connectivity index (χ1v) is 7.04. The molecule has 3 heteroatoms. The number of hydrogen-bond donors (Lipinski definition) is 0. The molecule has 18 heavy (non-hydrogen) atoms. The van der Waals surface area contributed by atoms with Gasteiger partial charge in [0.2, 0.25) is 0 Å². The van der Waals surface area contributed by atoms with Crippen molar-refractivity contribution in [1.29, 1.82) is 0 Å². The van der Waals surface area contributed by atoms with Gasteiger partial charge >= 0.3 is 0 Å². The maximum atomic E-state index is 12.1. The number of carbonyl (C=O) groups is 1. The second kappa shape index (κ2) is 6.35. The van der Waals surface area contributed by atoms with Gasteiger partial charge in [0.1, 0.15) is 0 Å². The molecular weight excluding hydrogens is 246 g/mol. The molecule has 1 unspecified atom stereocenters. The first-order valence-electron chi connectivity index (χ1n) is 6.67. The third-order valence-electron chi connectivity index (χ3n) is 3.57. The van der Waals surface area contributed by atoms with Crippen LogP contribution in [0.4, 0.5) is 0 Å². The maximum absolute atomic E-state index is 12.1. The number of piperidine rings is 1. The van der Waals surface area contributed by atoms with E-state index in [0.717, 1.165) is 25.6 Å². The Balaban J connectivity index is 1.87. The van der Waals surface area contributed by atoms with Crippen molar-refractivity contribution in [3.05, 3.63) is 34.9 Å². The fourth-order valence-corrected chi connectivity index (χ4v) is 2.81. The van der Waals surface area contributed by atoms with Crippen LogP contribution in [0.25, 0.3) is 0 Å². The number of likely N-dealkylation sites (tertiary alicyclic amines) is 1. The van der Waals surface area contributed by atoms with Gasteiger partial charge < -0.3 is 4.90 Å². The van der Waals surface area contributed by atoms with Crippen molar-refractivity contribution >= 4 is 17.4 Å². The van der Waals surface area contributed by atoms with Crippen LogP contribution in [0.1, 0.15) is 36.5 Å². The molecule has 0 aliphatic carbocycles. The van der Waals surface area contributed by atoms with Gasteiger partial charge in [-0.3, -0.25) is 4.79 Å². The van der Waals surface area contributed by atoms with Crippen molar-refractivity contribution in [2.24, 2.45) is 5.92 Å². The summed E-state index contributed by atoms with van der Waals surface area (Å²) in [6, 6.07) is 7.30. The summed E-state index contributed by atoms with van der Waals surface area (Å²) >= 11 is 6.03. The van der Waals surface area contributed by atoms with Crippen LogP contribution < -0.4 is 0 Å². The molecule has 98 valence electrons. The van der Waals surface area contributed by atoms with E-state index in [0.29, 0.717) is 17.0 Å². The summed E-state index contributed by atoms with van der Waals surface area (Å²) in [5, 5.41) is 0.564. The van der Waals surface area contributed by atoms with Gasteiger partial charge in [0.05, 0.1) is 5.02 Å². The van der Waals surface area contributed by atoms with Crippen LogP contribution in [-0.2, 0) is 0 Å². The van der Waals surface area contributed by atoms with Crippen LogP contribution in [0.15, 0.2) is 24.3 Å². The van der Waals surface area contributed by atoms with Crippen LogP contribution in [0.2, 0.25) is 5.02 Å². The number of benzene rings is 1. The minimum absolute atomic E-state index is 0.152. The molecule has 2 rings (SSSR count). The van der Waals surface area contributed by atoms with Gasteiger partial charge in [0.25, 0.3) is 0 Å². The third-order valence-corrected chi connectivity index (χ3v) is 3.90. The average molecular weight is 266 g/mol. The zero-order valence-corrected chi connectivity index (χ0v) is 11.6. The van der Waals surface area contributed by atoms with Crippen LogP contribution in [0.3, 0.4) is 0 Å². The van der Waals surface area contributed by atoms with E-state index in [1.807, 2.05) is 18.2 Å². The van der Waals surface area contributed by atoms with E-state index in [9.17, 15) is 4.79 Å². The zero-order chi connectivity index (χ0) is 13.0. The Morgan fingerprint density at radius 2 is 2.22 bits per heavy atom. The van der Waals surface area contributed by atoms with Gasteiger partial charge in [-0.2, -0.15) is 0 Å². The number of rotatable bonds is 4. The highest BCUT2D eigenvalue weighted by Gasteiger charge is 2.17. The van der Waals surface area contributed by atoms with E-state index in [1.165, 1.54) is 12.8 Å². The van der Waals surface area contributed by atoms with Gasteiger partial charge in [0.15, 0.2) is 5.78 Å². The topological polar surface area (TPSA) is 20.3 Å². The van der Waals surface area contributed by atoms with E-state index in [1.54, 1.807) is 6.07 Å². The first kappa shape index (κ1) is 13.6. The molecule has 0 N–H and O–H groups in total. The predicted molar refractivity (Wildman–Crippen MR) is 75.2 cm³/mol. The Morgan fingerprint density at radius 3 is 2.94 bits per heavy atom. The molecule has 0 radical (unpaired) electrons. The monoisotopic (exact) mass is 265 g/mol. The Labute approximate surface area is 114 Å². The summed E-state index contributed by atoms with van der Waals surface area (Å²) < 4.78 is 0. The number of carbonyl (C=O) groups excluding carboxylic acids is 1. The lowest BCUT2D eigenvalue weighted by Gasteiger charge is -2.30. The standard InChI is InChI=1S/C15H20ClNO/c1-12-5-4-9-17(11-12)10-8-15(18)13-6-2-3-7-14(13)16/h2-3,6-7,12H,4-5,8-11H2,1H3. The van der Waals surface area contributed by atoms with Gasteiger partial charge in [-0.05, 0) is 37.4 Å². The van der Waals surface area contributed by atoms with E-state index in [-0.39, 0.29) is 5.78 Å². The van der Waals surface area contributed by atoms with Crippen LogP contribution in [0.5, 0.6) is 0 Å². The van der Waals surface area contributed by atoms with Gasteiger partial charge in [-0.1, -0.05) is 30.7 Å².